The summed E-state index contributed by atoms with van der Waals surface area (Å²) in [6, 6.07) is 10.9. The number of nitrogens with zero attached hydrogens (tertiary/aromatic N) is 1. The van der Waals surface area contributed by atoms with Gasteiger partial charge < -0.3 is 13.6 Å². The third kappa shape index (κ3) is 1.68. The van der Waals surface area contributed by atoms with Crippen molar-refractivity contribution in [1.82, 2.24) is 4.57 Å². The number of thiol groups is 1. The van der Waals surface area contributed by atoms with Gasteiger partial charge in [-0.25, -0.2) is 5.87 Å². The van der Waals surface area contributed by atoms with Crippen LogP contribution in [0.2, 0.25) is 0 Å². The highest BCUT2D eigenvalue weighted by molar-refractivity contribution is 8.26. The zero-order valence-electron chi connectivity index (χ0n) is 10.9. The molecule has 3 aromatic rings. The molecule has 102 valence electrons. The highest BCUT2D eigenvalue weighted by Gasteiger charge is 2.18. The number of aromatic nitrogens is 1. The predicted molar refractivity (Wildman–Crippen MR) is 95.1 cm³/mol. The van der Waals surface area contributed by atoms with Crippen molar-refractivity contribution in [2.75, 3.05) is 0 Å². The Bertz CT molecular complexity index is 924. The van der Waals surface area contributed by atoms with Crippen LogP contribution >= 0.6 is 12.6 Å². The van der Waals surface area contributed by atoms with Gasteiger partial charge in [-0.1, -0.05) is 24.3 Å². The number of fused-ring (bicyclic) bond motifs is 3. The lowest BCUT2D eigenvalue weighted by Gasteiger charge is -2.18. The first-order valence-electron chi connectivity index (χ1n) is 6.65. The summed E-state index contributed by atoms with van der Waals surface area (Å²) in [5.74, 6) is 3.99. The lowest BCUT2D eigenvalue weighted by Crippen LogP contribution is -2.07. The molecule has 0 fully saturated rings. The van der Waals surface area contributed by atoms with Crippen LogP contribution in [0, 0.1) is 0 Å². The Balaban J connectivity index is 2.24. The molecule has 2 aromatic carbocycles. The molecule has 1 aromatic heterocycles. The number of hydrogen-bond acceptors (Lipinski definition) is 3. The summed E-state index contributed by atoms with van der Waals surface area (Å²) in [6.45, 7) is 1.08. The zero-order chi connectivity index (χ0) is 13.9. The fourth-order valence-corrected chi connectivity index (χ4v) is 4.33. The van der Waals surface area contributed by atoms with Crippen LogP contribution in [0.1, 0.15) is 12.0 Å². The van der Waals surface area contributed by atoms with Gasteiger partial charge in [0.2, 0.25) is 0 Å². The van der Waals surface area contributed by atoms with E-state index in [0.717, 1.165) is 22.8 Å². The molecule has 0 radical (unpaired) electrons. The molecule has 0 saturated carbocycles. The Morgan fingerprint density at radius 1 is 1.20 bits per heavy atom. The maximum atomic E-state index is 5.32. The monoisotopic (exact) mass is 316 g/mol. The molecule has 0 atom stereocenters. The molecule has 0 unspecified atom stereocenters. The Kier molecular flexibility index (Phi) is 2.88. The van der Waals surface area contributed by atoms with E-state index >= 15 is 0 Å². The van der Waals surface area contributed by atoms with Crippen molar-refractivity contribution in [1.29, 1.82) is 0 Å². The van der Waals surface area contributed by atoms with Crippen molar-refractivity contribution < 1.29 is 0 Å². The third-order valence-corrected chi connectivity index (χ3v) is 5.93. The largest absolute Gasteiger partial charge is 0.388 e. The molecular formula is C16H14NS3-. The Morgan fingerprint density at radius 2 is 2.00 bits per heavy atom. The van der Waals surface area contributed by atoms with Crippen LogP contribution in [0.5, 0.6) is 0 Å². The van der Waals surface area contributed by atoms with E-state index in [9.17, 15) is 0 Å². The average Bonchev–Trinajstić information content (AvgIpc) is 2.78. The molecule has 0 N–H and O–H groups in total. The van der Waals surface area contributed by atoms with Crippen LogP contribution in [0.25, 0.3) is 21.8 Å². The van der Waals surface area contributed by atoms with E-state index in [-0.39, 0.29) is 9.04 Å². The van der Waals surface area contributed by atoms with Gasteiger partial charge in [0, 0.05) is 27.7 Å². The molecule has 0 aliphatic carbocycles. The standard InChI is InChI=1S/C16H14NS3/c1-20(19)10-4-5-11-12-6-7-15(18)13-3-2-8-17(16(12)13)14(11)9-10/h4-7,9,18H,1-3,8H2/q-1. The smallest absolute Gasteiger partial charge is 0.0535 e. The van der Waals surface area contributed by atoms with Crippen LogP contribution in [0.3, 0.4) is 0 Å². The van der Waals surface area contributed by atoms with Crippen molar-refractivity contribution in [3.8, 4) is 0 Å². The van der Waals surface area contributed by atoms with Crippen LogP contribution in [0.15, 0.2) is 40.1 Å². The highest BCUT2D eigenvalue weighted by Crippen LogP contribution is 2.37. The van der Waals surface area contributed by atoms with E-state index < -0.39 is 0 Å². The third-order valence-electron chi connectivity index (χ3n) is 4.15. The molecule has 2 heterocycles. The summed E-state index contributed by atoms with van der Waals surface area (Å²) in [5.41, 5.74) is 4.05. The Labute approximate surface area is 130 Å². The van der Waals surface area contributed by atoms with Gasteiger partial charge in [0.1, 0.15) is 0 Å². The summed E-state index contributed by atoms with van der Waals surface area (Å²) in [6.07, 6.45) is 2.30. The molecule has 4 heteroatoms. The van der Waals surface area contributed by atoms with Gasteiger partial charge in [0.25, 0.3) is 0 Å². The predicted octanol–water partition coefficient (Wildman–Crippen LogP) is 3.90. The van der Waals surface area contributed by atoms with E-state index in [1.54, 1.807) is 0 Å². The van der Waals surface area contributed by atoms with E-state index in [4.69, 9.17) is 11.2 Å². The van der Waals surface area contributed by atoms with Crippen molar-refractivity contribution in [2.45, 2.75) is 29.2 Å². The van der Waals surface area contributed by atoms with Crippen molar-refractivity contribution in [3.63, 3.8) is 0 Å². The highest BCUT2D eigenvalue weighted by atomic mass is 32.8. The van der Waals surface area contributed by atoms with Crippen molar-refractivity contribution in [3.05, 3.63) is 35.9 Å². The van der Waals surface area contributed by atoms with Gasteiger partial charge in [-0.15, -0.1) is 17.5 Å². The number of benzene rings is 2. The molecule has 0 amide bonds. The zero-order valence-corrected chi connectivity index (χ0v) is 13.5. The summed E-state index contributed by atoms with van der Waals surface area (Å²) in [4.78, 5) is 2.27. The van der Waals surface area contributed by atoms with Crippen molar-refractivity contribution >= 4 is 60.5 Å². The van der Waals surface area contributed by atoms with Gasteiger partial charge in [-0.3, -0.25) is 11.2 Å². The molecule has 20 heavy (non-hydrogen) atoms. The van der Waals surface area contributed by atoms with Crippen LogP contribution < -0.4 is 0 Å². The van der Waals surface area contributed by atoms with Gasteiger partial charge in [-0.05, 0) is 24.5 Å². The molecule has 0 spiro atoms. The second-order valence-electron chi connectivity index (χ2n) is 5.24. The molecule has 1 nitrogen and oxygen atoms in total. The minimum Gasteiger partial charge on any atom is -0.388 e. The first-order valence-corrected chi connectivity index (χ1v) is 9.41. The first-order chi connectivity index (χ1) is 9.66. The summed E-state index contributed by atoms with van der Waals surface area (Å²) in [7, 11) is -0.354. The van der Waals surface area contributed by atoms with Crippen molar-refractivity contribution in [2.24, 2.45) is 0 Å². The van der Waals surface area contributed by atoms with Gasteiger partial charge >= 0.3 is 0 Å². The minimum absolute atomic E-state index is 0.354. The fraction of sp³-hybridized carbons (Fsp3) is 0.188. The second-order valence-corrected chi connectivity index (χ2v) is 8.09. The molecule has 0 bridgehead atoms. The molecular weight excluding hydrogens is 302 g/mol. The van der Waals surface area contributed by atoms with Crippen LogP contribution in [-0.4, -0.2) is 10.4 Å². The summed E-state index contributed by atoms with van der Waals surface area (Å²) < 4.78 is 2.44. The van der Waals surface area contributed by atoms with Gasteiger partial charge in [-0.2, -0.15) is 0 Å². The maximum absolute atomic E-state index is 5.32. The molecule has 0 saturated heterocycles. The SMILES string of the molecule is C=[S-](=S)c1ccc2c3ccc(S)c4c3n(c2c1)CCC4. The first kappa shape index (κ1) is 12.7. The van der Waals surface area contributed by atoms with E-state index in [2.05, 4.69) is 53.4 Å². The van der Waals surface area contributed by atoms with E-state index in [1.807, 2.05) is 0 Å². The van der Waals surface area contributed by atoms with E-state index in [1.165, 1.54) is 33.8 Å². The summed E-state index contributed by atoms with van der Waals surface area (Å²) in [5, 5.41) is 2.66. The van der Waals surface area contributed by atoms with Gasteiger partial charge in [0.05, 0.1) is 5.52 Å². The second kappa shape index (κ2) is 4.52. The molecule has 1 aliphatic heterocycles. The number of aryl methyl sites for hydroxylation is 2. The Hall–Kier alpha value is -0.970. The normalized spacial score (nSPS) is 14.5. The molecule has 4 rings (SSSR count). The average molecular weight is 316 g/mol. The topological polar surface area (TPSA) is 4.93 Å². The quantitative estimate of drug-likeness (QED) is 0.405. The lowest BCUT2D eigenvalue weighted by atomic mass is 10.0. The fourth-order valence-electron chi connectivity index (χ4n) is 3.27. The minimum atomic E-state index is -0.354. The van der Waals surface area contributed by atoms with Gasteiger partial charge in [0.15, 0.2) is 0 Å². The molecule has 1 aliphatic rings. The lowest BCUT2D eigenvalue weighted by molar-refractivity contribution is 0.645. The number of rotatable bonds is 1. The van der Waals surface area contributed by atoms with Crippen LogP contribution in [-0.2, 0) is 33.2 Å². The summed E-state index contributed by atoms with van der Waals surface area (Å²) >= 11 is 9.96. The van der Waals surface area contributed by atoms with E-state index in [0.29, 0.717) is 0 Å². The number of hydrogen-bond donors (Lipinski definition) is 1. The maximum Gasteiger partial charge on any atom is 0.0535 e. The Morgan fingerprint density at radius 3 is 2.80 bits per heavy atom. The van der Waals surface area contributed by atoms with Crippen LogP contribution in [0.4, 0.5) is 0 Å².